The van der Waals surface area contributed by atoms with Gasteiger partial charge in [-0.1, -0.05) is 0 Å². The van der Waals surface area contributed by atoms with E-state index in [1.54, 1.807) is 41.4 Å². The van der Waals surface area contributed by atoms with E-state index in [1.807, 2.05) is 10.8 Å². The lowest BCUT2D eigenvalue weighted by Crippen LogP contribution is -2.24. The summed E-state index contributed by atoms with van der Waals surface area (Å²) < 4.78 is 20.0. The number of nitrogens with zero attached hydrogens (tertiary/aromatic N) is 3. The van der Waals surface area contributed by atoms with Crippen molar-refractivity contribution in [2.24, 2.45) is 0 Å². The minimum Gasteiger partial charge on any atom is -0.496 e. The van der Waals surface area contributed by atoms with Crippen LogP contribution in [-0.4, -0.2) is 38.9 Å². The van der Waals surface area contributed by atoms with E-state index >= 15 is 0 Å². The first-order valence-electron chi connectivity index (χ1n) is 10.9. The van der Waals surface area contributed by atoms with Gasteiger partial charge in [0.05, 0.1) is 36.7 Å². The molecule has 6 rings (SSSR count). The average molecular weight is 459 g/mol. The molecule has 1 aliphatic heterocycles. The van der Waals surface area contributed by atoms with Gasteiger partial charge in [-0.05, 0) is 30.7 Å². The smallest absolute Gasteiger partial charge is 0.259 e. The molecule has 34 heavy (non-hydrogen) atoms. The van der Waals surface area contributed by atoms with Gasteiger partial charge in [0, 0.05) is 47.6 Å². The van der Waals surface area contributed by atoms with E-state index in [9.17, 15) is 14.7 Å². The molecule has 2 aromatic carbocycles. The van der Waals surface area contributed by atoms with E-state index in [0.29, 0.717) is 75.5 Å². The Morgan fingerprint density at radius 1 is 1.06 bits per heavy atom. The van der Waals surface area contributed by atoms with Crippen LogP contribution >= 0.6 is 0 Å². The normalized spacial score (nSPS) is 13.4. The van der Waals surface area contributed by atoms with Crippen molar-refractivity contribution in [2.45, 2.75) is 26.1 Å². The molecule has 0 amide bonds. The van der Waals surface area contributed by atoms with Gasteiger partial charge in [0.1, 0.15) is 5.75 Å². The van der Waals surface area contributed by atoms with E-state index < -0.39 is 0 Å². The summed E-state index contributed by atoms with van der Waals surface area (Å²) in [6.07, 6.45) is 5.97. The number of benzene rings is 2. The van der Waals surface area contributed by atoms with Crippen LogP contribution in [-0.2, 0) is 19.7 Å². The lowest BCUT2D eigenvalue weighted by atomic mass is 9.99. The molecule has 1 aliphatic carbocycles. The number of pyridine rings is 1. The average Bonchev–Trinajstić information content (AvgIpc) is 3.59. The molecule has 2 aromatic heterocycles. The summed E-state index contributed by atoms with van der Waals surface area (Å²) in [5, 5.41) is 10.7. The van der Waals surface area contributed by atoms with Gasteiger partial charge in [-0.2, -0.15) is 0 Å². The highest BCUT2D eigenvalue weighted by Crippen LogP contribution is 2.46. The second kappa shape index (κ2) is 7.74. The van der Waals surface area contributed by atoms with Gasteiger partial charge in [-0.25, -0.2) is 4.98 Å². The SMILES string of the molecule is COc1cc2c(=O)n(CCCn3ccnc3)c3c(c2cc1CO)C(=O)c1cc2c(cc1-3)OCO2. The molecule has 2 aliphatic rings. The lowest BCUT2D eigenvalue weighted by molar-refractivity contribution is 0.104. The summed E-state index contributed by atoms with van der Waals surface area (Å²) in [7, 11) is 1.49. The van der Waals surface area contributed by atoms with Crippen LogP contribution in [0.2, 0.25) is 0 Å². The molecule has 172 valence electrons. The van der Waals surface area contributed by atoms with Gasteiger partial charge in [0.25, 0.3) is 5.56 Å². The highest BCUT2D eigenvalue weighted by Gasteiger charge is 2.35. The molecule has 0 unspecified atom stereocenters. The minimum absolute atomic E-state index is 0.0916. The summed E-state index contributed by atoms with van der Waals surface area (Å²) in [5.41, 5.74) is 2.40. The van der Waals surface area contributed by atoms with Gasteiger partial charge in [-0.15, -0.1) is 0 Å². The van der Waals surface area contributed by atoms with Gasteiger partial charge in [0.2, 0.25) is 6.79 Å². The fourth-order valence-corrected chi connectivity index (χ4v) is 4.85. The Morgan fingerprint density at radius 2 is 1.85 bits per heavy atom. The molecule has 9 heteroatoms. The number of aryl methyl sites for hydroxylation is 1. The number of methoxy groups -OCH3 is 1. The van der Waals surface area contributed by atoms with Crippen molar-refractivity contribution in [3.8, 4) is 28.5 Å². The predicted molar refractivity (Wildman–Crippen MR) is 123 cm³/mol. The van der Waals surface area contributed by atoms with Crippen molar-refractivity contribution in [3.63, 3.8) is 0 Å². The van der Waals surface area contributed by atoms with Gasteiger partial charge in [-0.3, -0.25) is 9.59 Å². The standard InChI is InChI=1S/C25H21N3O6/c1-32-19-10-18-15(7-14(19)11-29)22-23(28(25(18)31)5-2-4-27-6-3-26-12-27)16-8-20-21(34-13-33-20)9-17(16)24(22)30/h3,6-10,12,29H,2,4-5,11,13H2,1H3. The first-order valence-corrected chi connectivity index (χ1v) is 10.9. The number of aromatic nitrogens is 3. The van der Waals surface area contributed by atoms with Crippen LogP contribution in [0.4, 0.5) is 0 Å². The summed E-state index contributed by atoms with van der Waals surface area (Å²) >= 11 is 0. The lowest BCUT2D eigenvalue weighted by Gasteiger charge is -2.17. The third kappa shape index (κ3) is 2.94. The Morgan fingerprint density at radius 3 is 2.56 bits per heavy atom. The molecule has 1 N–H and O–H groups in total. The molecular weight excluding hydrogens is 438 g/mol. The second-order valence-corrected chi connectivity index (χ2v) is 8.28. The summed E-state index contributed by atoms with van der Waals surface area (Å²) in [6.45, 7) is 0.891. The topological polar surface area (TPSA) is 105 Å². The van der Waals surface area contributed by atoms with E-state index in [0.717, 1.165) is 0 Å². The van der Waals surface area contributed by atoms with Crippen molar-refractivity contribution in [2.75, 3.05) is 13.9 Å². The van der Waals surface area contributed by atoms with Crippen LogP contribution in [0.3, 0.4) is 0 Å². The number of carbonyl (C=O) groups is 1. The molecule has 0 bridgehead atoms. The Hall–Kier alpha value is -4.11. The number of aliphatic hydroxyl groups is 1. The van der Waals surface area contributed by atoms with Crippen LogP contribution < -0.4 is 19.8 Å². The zero-order chi connectivity index (χ0) is 23.4. The van der Waals surface area contributed by atoms with E-state index in [-0.39, 0.29) is 24.7 Å². The molecule has 0 saturated heterocycles. The highest BCUT2D eigenvalue weighted by molar-refractivity contribution is 6.27. The maximum absolute atomic E-state index is 13.8. The zero-order valence-electron chi connectivity index (χ0n) is 18.4. The maximum Gasteiger partial charge on any atom is 0.259 e. The molecule has 3 heterocycles. The van der Waals surface area contributed by atoms with Crippen LogP contribution in [0.25, 0.3) is 22.0 Å². The number of fused-ring (bicyclic) bond motifs is 6. The fourth-order valence-electron chi connectivity index (χ4n) is 4.85. The maximum atomic E-state index is 13.8. The molecule has 0 atom stereocenters. The number of rotatable bonds is 6. The number of aliphatic hydroxyl groups excluding tert-OH is 1. The van der Waals surface area contributed by atoms with Crippen LogP contribution in [0, 0.1) is 0 Å². The second-order valence-electron chi connectivity index (χ2n) is 8.28. The number of ether oxygens (including phenoxy) is 3. The van der Waals surface area contributed by atoms with Crippen molar-refractivity contribution in [3.05, 3.63) is 70.0 Å². The molecular formula is C25H21N3O6. The first kappa shape index (κ1) is 20.5. The van der Waals surface area contributed by atoms with Gasteiger partial charge in [0.15, 0.2) is 17.3 Å². The van der Waals surface area contributed by atoms with Crippen molar-refractivity contribution < 1.29 is 24.1 Å². The molecule has 4 aromatic rings. The Kier molecular flexibility index (Phi) is 4.66. The van der Waals surface area contributed by atoms with Crippen molar-refractivity contribution in [1.29, 1.82) is 0 Å². The number of hydrogen-bond donors (Lipinski definition) is 1. The van der Waals surface area contributed by atoms with Crippen molar-refractivity contribution >= 4 is 16.6 Å². The van der Waals surface area contributed by atoms with Gasteiger partial charge < -0.3 is 28.5 Å². The van der Waals surface area contributed by atoms with Crippen LogP contribution in [0.15, 0.2) is 47.8 Å². The zero-order valence-corrected chi connectivity index (χ0v) is 18.4. The predicted octanol–water partition coefficient (Wildman–Crippen LogP) is 2.73. The molecule has 0 radical (unpaired) electrons. The highest BCUT2D eigenvalue weighted by atomic mass is 16.7. The summed E-state index contributed by atoms with van der Waals surface area (Å²) in [4.78, 5) is 31.5. The number of ketones is 1. The fraction of sp³-hybridized carbons (Fsp3) is 0.240. The Labute approximate surface area is 193 Å². The Balaban J connectivity index is 1.59. The molecule has 9 nitrogen and oxygen atoms in total. The third-order valence-electron chi connectivity index (χ3n) is 6.44. The number of carbonyl (C=O) groups excluding carboxylic acids is 1. The Bertz CT molecular complexity index is 1520. The first-order chi connectivity index (χ1) is 16.6. The van der Waals surface area contributed by atoms with E-state index in [1.165, 1.54) is 7.11 Å². The quantitative estimate of drug-likeness (QED) is 0.416. The van der Waals surface area contributed by atoms with Crippen molar-refractivity contribution in [1.82, 2.24) is 14.1 Å². The third-order valence-corrected chi connectivity index (χ3v) is 6.44. The largest absolute Gasteiger partial charge is 0.496 e. The van der Waals surface area contributed by atoms with Gasteiger partial charge >= 0.3 is 0 Å². The van der Waals surface area contributed by atoms with Crippen LogP contribution in [0.5, 0.6) is 17.2 Å². The summed E-state index contributed by atoms with van der Waals surface area (Å²) in [5.74, 6) is 1.27. The molecule has 0 spiro atoms. The van der Waals surface area contributed by atoms with E-state index in [4.69, 9.17) is 14.2 Å². The number of hydrogen-bond acceptors (Lipinski definition) is 7. The summed E-state index contributed by atoms with van der Waals surface area (Å²) in [6, 6.07) is 6.74. The molecule has 0 saturated carbocycles. The molecule has 0 fully saturated rings. The van der Waals surface area contributed by atoms with Crippen LogP contribution in [0.1, 0.15) is 27.9 Å². The monoisotopic (exact) mass is 459 g/mol. The number of imidazole rings is 1. The minimum atomic E-state index is -0.279. The van der Waals surface area contributed by atoms with E-state index in [2.05, 4.69) is 4.98 Å².